The second-order valence-electron chi connectivity index (χ2n) is 4.17. The minimum absolute atomic E-state index is 0.0145. The quantitative estimate of drug-likeness (QED) is 0.900. The number of sulfonamides is 1. The van der Waals surface area contributed by atoms with Crippen LogP contribution in [0.1, 0.15) is 15.9 Å². The van der Waals surface area contributed by atoms with E-state index in [-0.39, 0.29) is 26.9 Å². The van der Waals surface area contributed by atoms with Crippen LogP contribution in [0.3, 0.4) is 0 Å². The molecule has 0 fully saturated rings. The summed E-state index contributed by atoms with van der Waals surface area (Å²) in [6.07, 6.45) is 1.39. The highest BCUT2D eigenvalue weighted by atomic mass is 35.5. The summed E-state index contributed by atoms with van der Waals surface area (Å²) in [6.45, 7) is 1.43. The first-order valence-corrected chi connectivity index (χ1v) is 7.65. The highest BCUT2D eigenvalue weighted by Gasteiger charge is 2.21. The molecule has 6 nitrogen and oxygen atoms in total. The SMILES string of the molecule is Cc1c(C(=O)O)cccc1S(=O)(=O)Nc1ncccc1Cl. The van der Waals surface area contributed by atoms with Crippen molar-refractivity contribution in [1.82, 2.24) is 4.98 Å². The van der Waals surface area contributed by atoms with Crippen LogP contribution in [0.25, 0.3) is 0 Å². The smallest absolute Gasteiger partial charge is 0.335 e. The number of hydrogen-bond donors (Lipinski definition) is 2. The van der Waals surface area contributed by atoms with Crippen molar-refractivity contribution in [3.05, 3.63) is 52.7 Å². The molecule has 0 aliphatic rings. The summed E-state index contributed by atoms with van der Waals surface area (Å²) in [7, 11) is -3.98. The summed E-state index contributed by atoms with van der Waals surface area (Å²) in [6, 6.07) is 7.08. The van der Waals surface area contributed by atoms with Crippen LogP contribution in [0.4, 0.5) is 5.82 Å². The molecule has 0 spiro atoms. The predicted octanol–water partition coefficient (Wildman–Crippen LogP) is 2.54. The molecule has 0 aliphatic heterocycles. The van der Waals surface area contributed by atoms with Gasteiger partial charge in [0.2, 0.25) is 0 Å². The Morgan fingerprint density at radius 1 is 1.29 bits per heavy atom. The van der Waals surface area contributed by atoms with Gasteiger partial charge in [-0.15, -0.1) is 0 Å². The van der Waals surface area contributed by atoms with Gasteiger partial charge in [0, 0.05) is 6.20 Å². The highest BCUT2D eigenvalue weighted by Crippen LogP contribution is 2.24. The van der Waals surface area contributed by atoms with Crippen LogP contribution in [-0.2, 0) is 10.0 Å². The van der Waals surface area contributed by atoms with Gasteiger partial charge in [-0.05, 0) is 36.8 Å². The van der Waals surface area contributed by atoms with Crippen LogP contribution in [-0.4, -0.2) is 24.5 Å². The number of anilines is 1. The Kier molecular flexibility index (Phi) is 4.15. The summed E-state index contributed by atoms with van der Waals surface area (Å²) in [5, 5.41) is 9.19. The lowest BCUT2D eigenvalue weighted by molar-refractivity contribution is 0.0696. The molecule has 21 heavy (non-hydrogen) atoms. The van der Waals surface area contributed by atoms with E-state index in [9.17, 15) is 13.2 Å². The first-order valence-electron chi connectivity index (χ1n) is 5.79. The molecular weight excluding hydrogens is 316 g/mol. The fraction of sp³-hybridized carbons (Fsp3) is 0.0769. The van der Waals surface area contributed by atoms with E-state index in [0.717, 1.165) is 0 Å². The molecule has 2 aromatic rings. The lowest BCUT2D eigenvalue weighted by Crippen LogP contribution is -2.16. The summed E-state index contributed by atoms with van der Waals surface area (Å²) in [5.74, 6) is -1.21. The van der Waals surface area contributed by atoms with Gasteiger partial charge in [-0.1, -0.05) is 17.7 Å². The molecule has 0 atom stereocenters. The Labute approximate surface area is 126 Å². The topological polar surface area (TPSA) is 96.4 Å². The van der Waals surface area contributed by atoms with Crippen molar-refractivity contribution in [1.29, 1.82) is 0 Å². The number of aromatic nitrogens is 1. The number of carboxylic acid groups (broad SMARTS) is 1. The summed E-state index contributed by atoms with van der Waals surface area (Å²) in [4.78, 5) is 14.8. The molecule has 0 saturated heterocycles. The molecule has 8 heteroatoms. The molecule has 0 saturated carbocycles. The standard InChI is InChI=1S/C13H11ClN2O4S/c1-8-9(13(17)18)4-2-6-11(8)21(19,20)16-12-10(14)5-3-7-15-12/h2-7H,1H3,(H,15,16)(H,17,18). The number of benzene rings is 1. The zero-order valence-corrected chi connectivity index (χ0v) is 12.4. The molecule has 1 aromatic carbocycles. The van der Waals surface area contributed by atoms with E-state index < -0.39 is 16.0 Å². The minimum atomic E-state index is -3.98. The zero-order valence-electron chi connectivity index (χ0n) is 10.9. The maximum atomic E-state index is 12.3. The first-order chi connectivity index (χ1) is 9.83. The Morgan fingerprint density at radius 2 is 2.00 bits per heavy atom. The molecule has 0 bridgehead atoms. The normalized spacial score (nSPS) is 11.1. The maximum absolute atomic E-state index is 12.3. The zero-order chi connectivity index (χ0) is 15.6. The molecule has 110 valence electrons. The number of nitrogens with zero attached hydrogens (tertiary/aromatic N) is 1. The van der Waals surface area contributed by atoms with E-state index in [4.69, 9.17) is 16.7 Å². The van der Waals surface area contributed by atoms with Gasteiger partial charge >= 0.3 is 5.97 Å². The van der Waals surface area contributed by atoms with Crippen molar-refractivity contribution in [3.8, 4) is 0 Å². The van der Waals surface area contributed by atoms with Crippen LogP contribution >= 0.6 is 11.6 Å². The van der Waals surface area contributed by atoms with Crippen LogP contribution in [0.5, 0.6) is 0 Å². The Balaban J connectivity index is 2.48. The van der Waals surface area contributed by atoms with Gasteiger partial charge in [-0.25, -0.2) is 18.2 Å². The van der Waals surface area contributed by atoms with Crippen molar-refractivity contribution in [2.75, 3.05) is 4.72 Å². The van der Waals surface area contributed by atoms with Crippen molar-refractivity contribution in [2.45, 2.75) is 11.8 Å². The van der Waals surface area contributed by atoms with Gasteiger partial charge in [-0.2, -0.15) is 0 Å². The van der Waals surface area contributed by atoms with Gasteiger partial charge < -0.3 is 5.11 Å². The first kappa shape index (κ1) is 15.3. The number of halogens is 1. The molecule has 1 aromatic heterocycles. The molecule has 1 heterocycles. The van der Waals surface area contributed by atoms with Crippen LogP contribution in [0.2, 0.25) is 5.02 Å². The molecular formula is C13H11ClN2O4S. The Bertz CT molecular complexity index is 806. The summed E-state index contributed by atoms with van der Waals surface area (Å²) < 4.78 is 26.9. The number of rotatable bonds is 4. The largest absolute Gasteiger partial charge is 0.478 e. The number of nitrogens with one attached hydrogen (secondary N) is 1. The predicted molar refractivity (Wildman–Crippen MR) is 78.2 cm³/mol. The molecule has 0 unspecified atom stereocenters. The third-order valence-corrected chi connectivity index (χ3v) is 4.58. The van der Waals surface area contributed by atoms with Gasteiger partial charge in [0.15, 0.2) is 5.82 Å². The third-order valence-electron chi connectivity index (χ3n) is 2.79. The summed E-state index contributed by atoms with van der Waals surface area (Å²) >= 11 is 5.86. The number of carbonyl (C=O) groups is 1. The van der Waals surface area contributed by atoms with Gasteiger partial charge in [-0.3, -0.25) is 4.72 Å². The van der Waals surface area contributed by atoms with Crippen LogP contribution in [0.15, 0.2) is 41.4 Å². The second kappa shape index (κ2) is 5.71. The maximum Gasteiger partial charge on any atom is 0.335 e. The lowest BCUT2D eigenvalue weighted by Gasteiger charge is -2.12. The van der Waals surface area contributed by atoms with E-state index in [0.29, 0.717) is 0 Å². The molecule has 2 N–H and O–H groups in total. The average molecular weight is 327 g/mol. The van der Waals surface area contributed by atoms with Crippen molar-refractivity contribution < 1.29 is 18.3 Å². The van der Waals surface area contributed by atoms with Crippen LogP contribution in [0, 0.1) is 6.92 Å². The molecule has 0 amide bonds. The number of carboxylic acids is 1. The van der Waals surface area contributed by atoms with Crippen molar-refractivity contribution >= 4 is 33.4 Å². The molecule has 0 aliphatic carbocycles. The number of aromatic carboxylic acids is 1. The van der Waals surface area contributed by atoms with Gasteiger partial charge in [0.05, 0.1) is 15.5 Å². The average Bonchev–Trinajstić information content (AvgIpc) is 2.41. The van der Waals surface area contributed by atoms with Crippen molar-refractivity contribution in [2.24, 2.45) is 0 Å². The van der Waals surface area contributed by atoms with Crippen LogP contribution < -0.4 is 4.72 Å². The Hall–Kier alpha value is -2.12. The number of pyridine rings is 1. The minimum Gasteiger partial charge on any atom is -0.478 e. The van der Waals surface area contributed by atoms with Crippen molar-refractivity contribution in [3.63, 3.8) is 0 Å². The fourth-order valence-electron chi connectivity index (χ4n) is 1.78. The molecule has 2 rings (SSSR count). The lowest BCUT2D eigenvalue weighted by atomic mass is 10.1. The van der Waals surface area contributed by atoms with E-state index in [1.54, 1.807) is 6.07 Å². The van der Waals surface area contributed by atoms with E-state index in [1.807, 2.05) is 0 Å². The van der Waals surface area contributed by atoms with Gasteiger partial charge in [0.25, 0.3) is 10.0 Å². The Morgan fingerprint density at radius 3 is 2.62 bits per heavy atom. The monoisotopic (exact) mass is 326 g/mol. The van der Waals surface area contributed by atoms with Gasteiger partial charge in [0.1, 0.15) is 0 Å². The fourth-order valence-corrected chi connectivity index (χ4v) is 3.30. The molecule has 0 radical (unpaired) electrons. The van der Waals surface area contributed by atoms with E-state index >= 15 is 0 Å². The van der Waals surface area contributed by atoms with E-state index in [2.05, 4.69) is 9.71 Å². The number of hydrogen-bond acceptors (Lipinski definition) is 4. The van der Waals surface area contributed by atoms with E-state index in [1.165, 1.54) is 37.4 Å². The summed E-state index contributed by atoms with van der Waals surface area (Å²) in [5.41, 5.74) is 0.0644. The highest BCUT2D eigenvalue weighted by molar-refractivity contribution is 7.92. The third kappa shape index (κ3) is 3.14. The second-order valence-corrected chi connectivity index (χ2v) is 6.23.